The first-order chi connectivity index (χ1) is 34.6. The average Bonchev–Trinajstić information content (AvgIpc) is 4.22. The van der Waals surface area contributed by atoms with Gasteiger partial charge in [0.2, 0.25) is 0 Å². The molecule has 0 unspecified atom stereocenters. The Kier molecular flexibility index (Phi) is 14.7. The maximum atomic E-state index is 12.5. The number of fused-ring (bicyclic) bond motifs is 8. The van der Waals surface area contributed by atoms with Crippen molar-refractivity contribution in [2.75, 3.05) is 0 Å². The number of rotatable bonds is 12. The maximum absolute atomic E-state index is 12.5. The van der Waals surface area contributed by atoms with Gasteiger partial charge < -0.3 is 28.9 Å². The zero-order valence-electron chi connectivity index (χ0n) is 40.6. The van der Waals surface area contributed by atoms with Crippen LogP contribution in [0.15, 0.2) is 170 Å². The average molecular weight is 975 g/mol. The minimum Gasteiger partial charge on any atom is -0.423 e. The van der Waals surface area contributed by atoms with Crippen LogP contribution in [-0.4, -0.2) is 66.9 Å². The zero-order valence-corrected chi connectivity index (χ0v) is 42.0. The van der Waals surface area contributed by atoms with Crippen molar-refractivity contribution in [3.8, 4) is 67.5 Å². The van der Waals surface area contributed by atoms with Gasteiger partial charge in [0.15, 0.2) is 0 Å². The van der Waals surface area contributed by atoms with Crippen molar-refractivity contribution >= 4 is 93.3 Å². The van der Waals surface area contributed by atoms with Crippen molar-refractivity contribution in [2.45, 2.75) is 27.7 Å². The molecule has 0 aliphatic carbocycles. The van der Waals surface area contributed by atoms with Crippen LogP contribution >= 0.6 is 0 Å². The highest BCUT2D eigenvalue weighted by molar-refractivity contribution is 6.00. The summed E-state index contributed by atoms with van der Waals surface area (Å²) >= 11 is 0. The van der Waals surface area contributed by atoms with Gasteiger partial charge >= 0.3 is 23.9 Å². The molecule has 0 atom stereocenters. The standard InChI is InChI=1S/C60H46N4O8.Mg/c1-33(2)57(65)69-41-17-9-37(10-18-41)53-45-25-27-47(61-45)54(38-11-19-42(20-12-38)70-58(66)34(3)4)49-29-31-51(63-49)56(40-15-23-44(24-16-40)72-60(68)36(7)8)52-32-30-50(64-52)55(48-28-26-46(53)62-48)39-13-21-43(22-14-39)71-59(67)35(5)6;/h9-32,61,64H,1,3,5,7H2,2,4,6,8H3;. The Morgan fingerprint density at radius 3 is 0.712 bits per heavy atom. The van der Waals surface area contributed by atoms with Gasteiger partial charge in [0.05, 0.1) is 22.8 Å². The van der Waals surface area contributed by atoms with E-state index in [0.717, 1.165) is 66.6 Å². The van der Waals surface area contributed by atoms with Crippen LogP contribution in [0.5, 0.6) is 23.0 Å². The molecule has 73 heavy (non-hydrogen) atoms. The number of aromatic amines is 2. The van der Waals surface area contributed by atoms with Gasteiger partial charge in [-0.15, -0.1) is 0 Å². The van der Waals surface area contributed by atoms with Crippen molar-refractivity contribution in [2.24, 2.45) is 0 Å². The summed E-state index contributed by atoms with van der Waals surface area (Å²) in [5, 5.41) is 0. The number of nitrogens with one attached hydrogen (secondary N) is 2. The fraction of sp³-hybridized carbons (Fsp3) is 0.0667. The molecule has 2 aliphatic heterocycles. The van der Waals surface area contributed by atoms with Gasteiger partial charge in [0, 0.05) is 89.7 Å². The number of benzene rings is 4. The number of hydrogen-bond acceptors (Lipinski definition) is 10. The third kappa shape index (κ3) is 10.9. The zero-order chi connectivity index (χ0) is 50.8. The van der Waals surface area contributed by atoms with Crippen LogP contribution < -0.4 is 18.9 Å². The molecule has 0 saturated carbocycles. The van der Waals surface area contributed by atoms with Crippen LogP contribution in [0.2, 0.25) is 0 Å². The first kappa shape index (κ1) is 50.5. The predicted octanol–water partition coefficient (Wildman–Crippen LogP) is 12.9. The number of nitrogens with zero attached hydrogens (tertiary/aromatic N) is 2. The Morgan fingerprint density at radius 2 is 0.534 bits per heavy atom. The molecule has 2 aliphatic rings. The molecule has 356 valence electrons. The molecule has 0 spiro atoms. The largest absolute Gasteiger partial charge is 0.423 e. The van der Waals surface area contributed by atoms with E-state index in [1.807, 2.05) is 97.1 Å². The summed E-state index contributed by atoms with van der Waals surface area (Å²) in [6.07, 6.45) is 7.80. The molecule has 4 aromatic carbocycles. The molecule has 9 rings (SSSR count). The van der Waals surface area contributed by atoms with Crippen LogP contribution in [0.3, 0.4) is 0 Å². The monoisotopic (exact) mass is 974 g/mol. The number of ether oxygens (including phenoxy) is 4. The third-order valence-electron chi connectivity index (χ3n) is 11.6. The lowest BCUT2D eigenvalue weighted by Crippen LogP contribution is -2.07. The van der Waals surface area contributed by atoms with E-state index in [1.165, 1.54) is 0 Å². The summed E-state index contributed by atoms with van der Waals surface area (Å²) in [7, 11) is 0. The number of hydrogen-bond donors (Lipinski definition) is 2. The SMILES string of the molecule is C=C(C)C(=O)Oc1ccc(-c2c3nc(c(-c4ccc(OC(=O)C(=C)C)cc4)c4ccc([nH]4)c(-c4ccc(OC(=O)C(=C)C)cc4)c4nc(c(-c5ccc(OC(=O)C(=C)C)cc5)c5ccc2[nH]5)C=C4)C=C3)cc1.[Mg]. The predicted molar refractivity (Wildman–Crippen MR) is 288 cm³/mol. The van der Waals surface area contributed by atoms with Gasteiger partial charge in [-0.1, -0.05) is 74.8 Å². The summed E-state index contributed by atoms with van der Waals surface area (Å²) in [5.41, 5.74) is 12.6. The highest BCUT2D eigenvalue weighted by Crippen LogP contribution is 2.40. The number of aromatic nitrogens is 4. The lowest BCUT2D eigenvalue weighted by molar-refractivity contribution is -0.130. The first-order valence-electron chi connectivity index (χ1n) is 22.7. The van der Waals surface area contributed by atoms with E-state index < -0.39 is 23.9 Å². The Labute approximate surface area is 436 Å². The lowest BCUT2D eigenvalue weighted by atomic mass is 10.0. The lowest BCUT2D eigenvalue weighted by Gasteiger charge is -2.09. The van der Waals surface area contributed by atoms with Gasteiger partial charge in [0.1, 0.15) is 23.0 Å². The Hall–Kier alpha value is -8.91. The molecule has 8 bridgehead atoms. The molecule has 13 heteroatoms. The van der Waals surface area contributed by atoms with E-state index >= 15 is 0 Å². The summed E-state index contributed by atoms with van der Waals surface area (Å²) < 4.78 is 22.2. The maximum Gasteiger partial charge on any atom is 0.338 e. The summed E-state index contributed by atoms with van der Waals surface area (Å²) in [6, 6.07) is 36.6. The fourth-order valence-corrected chi connectivity index (χ4v) is 7.96. The van der Waals surface area contributed by atoms with E-state index in [1.54, 1.807) is 76.2 Å². The van der Waals surface area contributed by atoms with Gasteiger partial charge in [-0.2, -0.15) is 0 Å². The fourth-order valence-electron chi connectivity index (χ4n) is 7.96. The highest BCUT2D eigenvalue weighted by atomic mass is 24.3. The van der Waals surface area contributed by atoms with Crippen LogP contribution in [0.4, 0.5) is 0 Å². The van der Waals surface area contributed by atoms with E-state index in [9.17, 15) is 19.2 Å². The molecule has 7 aromatic rings. The molecule has 0 saturated heterocycles. The van der Waals surface area contributed by atoms with Crippen LogP contribution in [0.1, 0.15) is 50.5 Å². The second-order valence-corrected chi connectivity index (χ2v) is 17.3. The van der Waals surface area contributed by atoms with Crippen LogP contribution in [0, 0.1) is 0 Å². The minimum absolute atomic E-state index is 0. The first-order valence-corrected chi connectivity index (χ1v) is 22.7. The van der Waals surface area contributed by atoms with Crippen molar-refractivity contribution in [3.05, 3.63) is 193 Å². The van der Waals surface area contributed by atoms with E-state index in [2.05, 4.69) is 36.3 Å². The third-order valence-corrected chi connectivity index (χ3v) is 11.6. The second-order valence-electron chi connectivity index (χ2n) is 17.3. The second kappa shape index (κ2) is 21.2. The molecule has 2 radical (unpaired) electrons. The van der Waals surface area contributed by atoms with E-state index in [4.69, 9.17) is 28.9 Å². The quantitative estimate of drug-likeness (QED) is 0.0521. The summed E-state index contributed by atoms with van der Waals surface area (Å²) in [4.78, 5) is 68.0. The van der Waals surface area contributed by atoms with Gasteiger partial charge in [-0.3, -0.25) is 0 Å². The van der Waals surface area contributed by atoms with Crippen molar-refractivity contribution < 1.29 is 38.1 Å². The molecule has 12 nitrogen and oxygen atoms in total. The van der Waals surface area contributed by atoms with Crippen molar-refractivity contribution in [1.82, 2.24) is 19.9 Å². The summed E-state index contributed by atoms with van der Waals surface area (Å²) in [6.45, 7) is 21.2. The van der Waals surface area contributed by atoms with Crippen molar-refractivity contribution in [3.63, 3.8) is 0 Å². The Balaban J connectivity index is 0.00000711. The minimum atomic E-state index is -0.535. The number of carbonyl (C=O) groups is 4. The molecule has 3 aromatic heterocycles. The van der Waals surface area contributed by atoms with Crippen LogP contribution in [-0.2, 0) is 19.2 Å². The number of carbonyl (C=O) groups excluding carboxylic acids is 4. The molecule has 2 N–H and O–H groups in total. The Bertz CT molecular complexity index is 3210. The van der Waals surface area contributed by atoms with Gasteiger partial charge in [-0.25, -0.2) is 29.1 Å². The molecular weight excluding hydrogens is 929 g/mol. The molecular formula is C60H46MgN4O8. The Morgan fingerprint density at radius 1 is 0.342 bits per heavy atom. The van der Waals surface area contributed by atoms with Gasteiger partial charge in [-0.05, 0) is 147 Å². The molecule has 5 heterocycles. The topological polar surface area (TPSA) is 163 Å². The van der Waals surface area contributed by atoms with Gasteiger partial charge in [0.25, 0.3) is 0 Å². The van der Waals surface area contributed by atoms with E-state index in [0.29, 0.717) is 45.8 Å². The van der Waals surface area contributed by atoms with E-state index in [-0.39, 0.29) is 45.3 Å². The smallest absolute Gasteiger partial charge is 0.338 e. The molecule has 0 fully saturated rings. The van der Waals surface area contributed by atoms with Crippen LogP contribution in [0.25, 0.3) is 90.9 Å². The summed E-state index contributed by atoms with van der Waals surface area (Å²) in [5.74, 6) is -0.735. The van der Waals surface area contributed by atoms with Crippen molar-refractivity contribution in [1.29, 1.82) is 0 Å². The number of esters is 4. The normalized spacial score (nSPS) is 11.2. The highest BCUT2D eigenvalue weighted by Gasteiger charge is 2.21. The number of H-pyrrole nitrogens is 2. The molecule has 0 amide bonds.